The maximum atomic E-state index is 12.8. The molecule has 0 radical (unpaired) electrons. The van der Waals surface area contributed by atoms with Gasteiger partial charge in [-0.15, -0.1) is 0 Å². The molecule has 36 heavy (non-hydrogen) atoms. The first-order chi connectivity index (χ1) is 17.2. The Hall–Kier alpha value is -3.06. The molecule has 2 fully saturated rings. The molecule has 190 valence electrons. The van der Waals surface area contributed by atoms with Crippen LogP contribution in [0, 0.1) is 0 Å². The molecule has 0 saturated carbocycles. The van der Waals surface area contributed by atoms with Crippen LogP contribution in [0.3, 0.4) is 0 Å². The highest BCUT2D eigenvalue weighted by Gasteiger charge is 2.37. The average molecular weight is 553 g/mol. The van der Waals surface area contributed by atoms with Gasteiger partial charge in [0.2, 0.25) is 11.7 Å². The first-order valence-electron chi connectivity index (χ1n) is 10.7. The molecule has 2 aliphatic heterocycles. The second kappa shape index (κ2) is 10.9. The number of nitrogens with zero attached hydrogens (tertiary/aromatic N) is 2. The van der Waals surface area contributed by atoms with Gasteiger partial charge < -0.3 is 18.6 Å². The molecule has 0 bridgehead atoms. The Morgan fingerprint density at radius 2 is 1.86 bits per heavy atom. The van der Waals surface area contributed by atoms with Crippen molar-refractivity contribution in [3.63, 3.8) is 0 Å². The number of ether oxygens (including phenoxy) is 2. The lowest BCUT2D eigenvalue weighted by Gasteiger charge is -2.28. The average Bonchev–Trinajstić information content (AvgIpc) is 3.13. The lowest BCUT2D eigenvalue weighted by atomic mass is 10.2. The number of carbonyl (C=O) groups is 3. The van der Waals surface area contributed by atoms with E-state index in [0.717, 1.165) is 4.90 Å². The van der Waals surface area contributed by atoms with Crippen molar-refractivity contribution in [2.75, 3.05) is 40.0 Å². The third kappa shape index (κ3) is 5.67. The van der Waals surface area contributed by atoms with E-state index < -0.39 is 21.3 Å². The van der Waals surface area contributed by atoms with E-state index >= 15 is 0 Å². The fourth-order valence-electron chi connectivity index (χ4n) is 3.48. The minimum atomic E-state index is -4.18. The maximum Gasteiger partial charge on any atom is 0.339 e. The first-order valence-corrected chi connectivity index (χ1v) is 13.3. The zero-order valence-electron chi connectivity index (χ0n) is 19.0. The van der Waals surface area contributed by atoms with Crippen LogP contribution in [-0.4, -0.2) is 75.2 Å². The number of benzene rings is 2. The lowest BCUT2D eigenvalue weighted by molar-refractivity contribution is -0.139. The van der Waals surface area contributed by atoms with Crippen LogP contribution in [0.25, 0.3) is 6.08 Å². The fourth-order valence-corrected chi connectivity index (χ4v) is 5.60. The lowest BCUT2D eigenvalue weighted by Crippen LogP contribution is -2.46. The van der Waals surface area contributed by atoms with Crippen LogP contribution >= 0.6 is 23.4 Å². The molecule has 0 spiro atoms. The normalized spacial score (nSPS) is 17.6. The standard InChI is InChI=1S/C23H21ClN2O8S2/c1-32-18-12-15(11-17(24)21(18)34-36(30,31)16-5-3-2-4-6-16)13-19-22(28)26(23(29)35-19)14-20(27)25-7-9-33-10-8-25/h2-6,11-13H,7-10,14H2,1H3/b19-13-. The molecule has 2 aromatic rings. The Kier molecular flexibility index (Phi) is 7.88. The molecule has 0 unspecified atom stereocenters. The van der Waals surface area contributed by atoms with E-state index in [1.807, 2.05) is 0 Å². The number of hydrogen-bond acceptors (Lipinski definition) is 9. The minimum absolute atomic E-state index is 0.00924. The highest BCUT2D eigenvalue weighted by Crippen LogP contribution is 2.40. The number of morpholine rings is 1. The second-order valence-electron chi connectivity index (χ2n) is 7.65. The van der Waals surface area contributed by atoms with Gasteiger partial charge in [-0.05, 0) is 47.7 Å². The van der Waals surface area contributed by atoms with Gasteiger partial charge in [0.1, 0.15) is 11.4 Å². The molecule has 0 aliphatic carbocycles. The third-order valence-electron chi connectivity index (χ3n) is 5.31. The van der Waals surface area contributed by atoms with Crippen LogP contribution in [0.15, 0.2) is 52.3 Å². The predicted molar refractivity (Wildman–Crippen MR) is 132 cm³/mol. The Morgan fingerprint density at radius 3 is 2.53 bits per heavy atom. The largest absolute Gasteiger partial charge is 0.493 e. The van der Waals surface area contributed by atoms with E-state index in [2.05, 4.69) is 0 Å². The van der Waals surface area contributed by atoms with Crippen molar-refractivity contribution in [2.45, 2.75) is 4.90 Å². The predicted octanol–water partition coefficient (Wildman–Crippen LogP) is 3.01. The van der Waals surface area contributed by atoms with Gasteiger partial charge in [0.05, 0.1) is 30.3 Å². The molecule has 13 heteroatoms. The number of thioether (sulfide) groups is 1. The van der Waals surface area contributed by atoms with Crippen molar-refractivity contribution in [1.29, 1.82) is 0 Å². The number of rotatable bonds is 7. The van der Waals surface area contributed by atoms with Crippen LogP contribution in [-0.2, 0) is 24.4 Å². The van der Waals surface area contributed by atoms with E-state index in [1.54, 1.807) is 23.1 Å². The molecule has 0 atom stereocenters. The molecular formula is C23H21ClN2O8S2. The van der Waals surface area contributed by atoms with Gasteiger partial charge in [-0.3, -0.25) is 19.3 Å². The molecular weight excluding hydrogens is 532 g/mol. The van der Waals surface area contributed by atoms with E-state index in [4.69, 9.17) is 25.3 Å². The van der Waals surface area contributed by atoms with E-state index in [1.165, 1.54) is 37.5 Å². The van der Waals surface area contributed by atoms with Crippen LogP contribution in [0.5, 0.6) is 11.5 Å². The van der Waals surface area contributed by atoms with Crippen LogP contribution in [0.4, 0.5) is 4.79 Å². The van der Waals surface area contributed by atoms with Crippen molar-refractivity contribution in [3.8, 4) is 11.5 Å². The van der Waals surface area contributed by atoms with Crippen LogP contribution in [0.1, 0.15) is 5.56 Å². The Morgan fingerprint density at radius 1 is 1.17 bits per heavy atom. The Bertz CT molecular complexity index is 1330. The van der Waals surface area contributed by atoms with Crippen molar-refractivity contribution in [3.05, 3.63) is 58.0 Å². The molecule has 0 aromatic heterocycles. The first kappa shape index (κ1) is 26.0. The van der Waals surface area contributed by atoms with Crippen LogP contribution in [0.2, 0.25) is 5.02 Å². The van der Waals surface area contributed by atoms with Crippen molar-refractivity contribution in [2.24, 2.45) is 0 Å². The number of imide groups is 1. The summed E-state index contributed by atoms with van der Waals surface area (Å²) >= 11 is 7.00. The molecule has 10 nitrogen and oxygen atoms in total. The minimum Gasteiger partial charge on any atom is -0.493 e. The summed E-state index contributed by atoms with van der Waals surface area (Å²) in [6.07, 6.45) is 1.41. The topological polar surface area (TPSA) is 120 Å². The van der Waals surface area contributed by atoms with Gasteiger partial charge in [0, 0.05) is 13.1 Å². The number of carbonyl (C=O) groups excluding carboxylic acids is 3. The summed E-state index contributed by atoms with van der Waals surface area (Å²) in [5.74, 6) is -1.17. The Labute approximate surface area is 216 Å². The van der Waals surface area contributed by atoms with Crippen molar-refractivity contribution >= 4 is 56.6 Å². The summed E-state index contributed by atoms with van der Waals surface area (Å²) in [7, 11) is -2.87. The molecule has 2 aromatic carbocycles. The SMILES string of the molecule is COc1cc(/C=C2\SC(=O)N(CC(=O)N3CCOCC3)C2=O)cc(Cl)c1OS(=O)(=O)c1ccccc1. The van der Waals surface area contributed by atoms with E-state index in [0.29, 0.717) is 43.6 Å². The highest BCUT2D eigenvalue weighted by atomic mass is 35.5. The van der Waals surface area contributed by atoms with E-state index in [9.17, 15) is 22.8 Å². The van der Waals surface area contributed by atoms with Crippen molar-refractivity contribution in [1.82, 2.24) is 9.80 Å². The summed E-state index contributed by atoms with van der Waals surface area (Å²) in [6, 6.07) is 10.3. The van der Waals surface area contributed by atoms with Crippen LogP contribution < -0.4 is 8.92 Å². The monoisotopic (exact) mass is 552 g/mol. The van der Waals surface area contributed by atoms with Gasteiger partial charge >= 0.3 is 10.1 Å². The smallest absolute Gasteiger partial charge is 0.339 e. The van der Waals surface area contributed by atoms with E-state index in [-0.39, 0.29) is 38.8 Å². The second-order valence-corrected chi connectivity index (χ2v) is 10.6. The summed E-state index contributed by atoms with van der Waals surface area (Å²) in [5, 5.41) is -0.651. The van der Waals surface area contributed by atoms with Gasteiger partial charge in [0.25, 0.3) is 11.1 Å². The Balaban J connectivity index is 1.54. The maximum absolute atomic E-state index is 12.8. The molecule has 4 rings (SSSR count). The quantitative estimate of drug-likeness (QED) is 0.377. The number of amides is 3. The number of hydrogen-bond donors (Lipinski definition) is 0. The number of halogens is 1. The third-order valence-corrected chi connectivity index (χ3v) is 7.73. The highest BCUT2D eigenvalue weighted by molar-refractivity contribution is 8.18. The zero-order valence-corrected chi connectivity index (χ0v) is 21.4. The van der Waals surface area contributed by atoms with Gasteiger partial charge in [-0.2, -0.15) is 8.42 Å². The van der Waals surface area contributed by atoms with Gasteiger partial charge in [0.15, 0.2) is 5.75 Å². The molecule has 0 N–H and O–H groups in total. The summed E-state index contributed by atoms with van der Waals surface area (Å²) in [5.41, 5.74) is 0.367. The summed E-state index contributed by atoms with van der Waals surface area (Å²) in [6.45, 7) is 1.25. The molecule has 3 amide bonds. The molecule has 2 aliphatic rings. The van der Waals surface area contributed by atoms with Gasteiger partial charge in [-0.25, -0.2) is 0 Å². The fraction of sp³-hybridized carbons (Fsp3) is 0.261. The zero-order chi connectivity index (χ0) is 25.9. The van der Waals surface area contributed by atoms with Gasteiger partial charge in [-0.1, -0.05) is 29.8 Å². The molecule has 2 saturated heterocycles. The molecule has 2 heterocycles. The number of methoxy groups -OCH3 is 1. The summed E-state index contributed by atoms with van der Waals surface area (Å²) in [4.78, 5) is 40.2. The summed E-state index contributed by atoms with van der Waals surface area (Å²) < 4.78 is 41.0. The van der Waals surface area contributed by atoms with Crippen molar-refractivity contribution < 1.29 is 36.5 Å².